The molecular weight excluding hydrogens is 196 g/mol. The second-order valence-electron chi connectivity index (χ2n) is 6.83. The van der Waals surface area contributed by atoms with Crippen LogP contribution in [-0.2, 0) is 0 Å². The highest BCUT2D eigenvalue weighted by Crippen LogP contribution is 2.87. The second-order valence-corrected chi connectivity index (χ2v) is 6.83. The molecule has 4 fully saturated rings. The predicted molar refractivity (Wildman–Crippen MR) is 66.0 cm³/mol. The number of hydrogen-bond donors (Lipinski definition) is 1. The molecule has 0 aromatic heterocycles. The minimum Gasteiger partial charge on any atom is -0.392 e. The van der Waals surface area contributed by atoms with E-state index in [1.165, 1.54) is 19.3 Å². The lowest BCUT2D eigenvalue weighted by atomic mass is 9.71. The molecule has 1 heteroatoms. The lowest BCUT2D eigenvalue weighted by Crippen LogP contribution is -2.26. The Labute approximate surface area is 98.9 Å². The fourth-order valence-electron chi connectivity index (χ4n) is 5.19. The topological polar surface area (TPSA) is 20.2 Å². The number of aliphatic hydroxyl groups is 1. The molecule has 3 unspecified atom stereocenters. The smallest absolute Gasteiger partial charge is 0.0639 e. The van der Waals surface area contributed by atoms with Crippen molar-refractivity contribution in [3.8, 4) is 0 Å². The van der Waals surface area contributed by atoms with Gasteiger partial charge in [0.1, 0.15) is 0 Å². The van der Waals surface area contributed by atoms with Crippen LogP contribution in [0.2, 0.25) is 0 Å². The summed E-state index contributed by atoms with van der Waals surface area (Å²) in [5.74, 6) is 3.16. The van der Waals surface area contributed by atoms with Crippen LogP contribution in [-0.4, -0.2) is 11.7 Å². The first kappa shape index (κ1) is 10.8. The molecule has 1 nitrogen and oxygen atoms in total. The molecule has 16 heavy (non-hydrogen) atoms. The van der Waals surface area contributed by atoms with Crippen LogP contribution in [0, 0.1) is 28.6 Å². The Morgan fingerprint density at radius 3 is 2.38 bits per heavy atom. The first-order valence-corrected chi connectivity index (χ1v) is 6.80. The maximum atomic E-state index is 8.99. The van der Waals surface area contributed by atoms with E-state index in [0.717, 1.165) is 29.7 Å². The van der Waals surface area contributed by atoms with Crippen molar-refractivity contribution < 1.29 is 5.11 Å². The first-order chi connectivity index (χ1) is 7.54. The zero-order valence-electron chi connectivity index (χ0n) is 10.8. The maximum absolute atomic E-state index is 8.99. The van der Waals surface area contributed by atoms with Gasteiger partial charge in [-0.2, -0.15) is 0 Å². The molecule has 90 valence electrons. The average molecular weight is 220 g/mol. The van der Waals surface area contributed by atoms with E-state index in [9.17, 15) is 0 Å². The minimum atomic E-state index is 0.225. The van der Waals surface area contributed by atoms with Gasteiger partial charge in [0.25, 0.3) is 0 Å². The molecule has 4 saturated carbocycles. The molecule has 0 heterocycles. The molecule has 0 aromatic rings. The van der Waals surface area contributed by atoms with Gasteiger partial charge in [0.2, 0.25) is 0 Å². The van der Waals surface area contributed by atoms with Gasteiger partial charge in [-0.15, -0.1) is 0 Å². The third kappa shape index (κ3) is 1.06. The Balaban J connectivity index is 1.68. The van der Waals surface area contributed by atoms with Gasteiger partial charge in [0.05, 0.1) is 6.61 Å². The molecule has 0 aromatic carbocycles. The van der Waals surface area contributed by atoms with Crippen molar-refractivity contribution in [2.24, 2.45) is 28.6 Å². The average Bonchev–Trinajstić information content (AvgIpc) is 2.62. The van der Waals surface area contributed by atoms with E-state index in [4.69, 9.17) is 5.11 Å². The zero-order valence-corrected chi connectivity index (χ0v) is 10.8. The Hall–Kier alpha value is -0.300. The molecule has 5 atom stereocenters. The molecule has 0 radical (unpaired) electrons. The van der Waals surface area contributed by atoms with Crippen LogP contribution in [0.3, 0.4) is 0 Å². The van der Waals surface area contributed by atoms with Gasteiger partial charge >= 0.3 is 0 Å². The van der Waals surface area contributed by atoms with Gasteiger partial charge < -0.3 is 5.11 Å². The summed E-state index contributed by atoms with van der Waals surface area (Å²) >= 11 is 0. The molecule has 0 spiro atoms. The Morgan fingerprint density at radius 2 is 1.94 bits per heavy atom. The molecule has 0 amide bonds. The highest BCUT2D eigenvalue weighted by Gasteiger charge is 2.80. The predicted octanol–water partition coefficient (Wildman–Crippen LogP) is 3.39. The monoisotopic (exact) mass is 220 g/mol. The van der Waals surface area contributed by atoms with Crippen LogP contribution in [0.25, 0.3) is 0 Å². The molecule has 4 aliphatic carbocycles. The van der Waals surface area contributed by atoms with E-state index in [1.54, 1.807) is 0 Å². The fourth-order valence-corrected chi connectivity index (χ4v) is 5.19. The summed E-state index contributed by atoms with van der Waals surface area (Å²) in [6.07, 6.45) is 7.76. The van der Waals surface area contributed by atoms with Crippen molar-refractivity contribution in [1.29, 1.82) is 0 Å². The molecule has 0 saturated heterocycles. The van der Waals surface area contributed by atoms with Crippen molar-refractivity contribution in [1.82, 2.24) is 0 Å². The van der Waals surface area contributed by atoms with Crippen molar-refractivity contribution in [3.63, 3.8) is 0 Å². The number of hydrogen-bond acceptors (Lipinski definition) is 1. The quantitative estimate of drug-likeness (QED) is 0.720. The van der Waals surface area contributed by atoms with Crippen LogP contribution in [0.5, 0.6) is 0 Å². The summed E-state index contributed by atoms with van der Waals surface area (Å²) in [6.45, 7) is 7.33. The molecule has 4 bridgehead atoms. The van der Waals surface area contributed by atoms with Crippen LogP contribution in [0.4, 0.5) is 0 Å². The van der Waals surface area contributed by atoms with Gasteiger partial charge in [-0.3, -0.25) is 0 Å². The summed E-state index contributed by atoms with van der Waals surface area (Å²) < 4.78 is 0. The van der Waals surface area contributed by atoms with E-state index < -0.39 is 0 Å². The summed E-state index contributed by atoms with van der Waals surface area (Å²) in [7, 11) is 0. The number of rotatable bonds is 4. The summed E-state index contributed by atoms with van der Waals surface area (Å²) in [5, 5.41) is 8.99. The Bertz CT molecular complexity index is 331. The number of aliphatic hydroxyl groups excluding tert-OH is 1. The van der Waals surface area contributed by atoms with Crippen molar-refractivity contribution in [2.75, 3.05) is 6.61 Å². The lowest BCUT2D eigenvalue weighted by Gasteiger charge is -2.34. The molecule has 0 aliphatic heterocycles. The number of allylic oxidation sites excluding steroid dienone is 1. The van der Waals surface area contributed by atoms with Crippen molar-refractivity contribution in [3.05, 3.63) is 11.6 Å². The third-order valence-electron chi connectivity index (χ3n) is 6.53. The lowest BCUT2D eigenvalue weighted by molar-refractivity contribution is 0.154. The van der Waals surface area contributed by atoms with Gasteiger partial charge in [-0.05, 0) is 61.2 Å². The normalized spacial score (nSPS) is 53.5. The van der Waals surface area contributed by atoms with E-state index >= 15 is 0 Å². The summed E-state index contributed by atoms with van der Waals surface area (Å²) in [4.78, 5) is 0. The second kappa shape index (κ2) is 3.13. The first-order valence-electron chi connectivity index (χ1n) is 6.80. The molecule has 4 aliphatic rings. The maximum Gasteiger partial charge on any atom is 0.0639 e. The van der Waals surface area contributed by atoms with Gasteiger partial charge in [0.15, 0.2) is 0 Å². The zero-order chi connectivity index (χ0) is 11.6. The van der Waals surface area contributed by atoms with Crippen molar-refractivity contribution in [2.45, 2.75) is 46.5 Å². The highest BCUT2D eigenvalue weighted by molar-refractivity contribution is 5.29. The van der Waals surface area contributed by atoms with Crippen LogP contribution in [0.1, 0.15) is 46.5 Å². The van der Waals surface area contributed by atoms with E-state index in [2.05, 4.69) is 19.9 Å². The summed E-state index contributed by atoms with van der Waals surface area (Å²) in [5.41, 5.74) is 2.43. The SMILES string of the molecule is CC(=CCC[C@]1(C)C2CC3[C@@H](C2)C31C)CO. The standard InChI is InChI=1S/C15H24O/c1-10(9-16)5-4-6-14(2)11-7-12-13(8-11)15(12,14)3/h5,11-13,16H,4,6-9H2,1-3H3/t11?,12-,13?,14-,15?/m1/s1. The van der Waals surface area contributed by atoms with Gasteiger partial charge in [-0.1, -0.05) is 25.5 Å². The van der Waals surface area contributed by atoms with Crippen LogP contribution >= 0.6 is 0 Å². The van der Waals surface area contributed by atoms with Crippen LogP contribution in [0.15, 0.2) is 11.6 Å². The highest BCUT2D eigenvalue weighted by atomic mass is 16.3. The largest absolute Gasteiger partial charge is 0.392 e. The van der Waals surface area contributed by atoms with Crippen molar-refractivity contribution >= 4 is 0 Å². The Kier molecular flexibility index (Phi) is 2.12. The molecular formula is C15H24O. The third-order valence-corrected chi connectivity index (χ3v) is 6.53. The minimum absolute atomic E-state index is 0.225. The molecule has 4 rings (SSSR count). The van der Waals surface area contributed by atoms with Crippen LogP contribution < -0.4 is 0 Å². The molecule has 1 N–H and O–H groups in total. The van der Waals surface area contributed by atoms with E-state index in [-0.39, 0.29) is 6.61 Å². The summed E-state index contributed by atoms with van der Waals surface area (Å²) in [6, 6.07) is 0. The van der Waals surface area contributed by atoms with E-state index in [0.29, 0.717) is 10.8 Å². The fraction of sp³-hybridized carbons (Fsp3) is 0.867. The Morgan fingerprint density at radius 1 is 1.31 bits per heavy atom. The van der Waals surface area contributed by atoms with E-state index in [1.807, 2.05) is 6.92 Å². The van der Waals surface area contributed by atoms with Gasteiger partial charge in [-0.25, -0.2) is 0 Å². The van der Waals surface area contributed by atoms with Gasteiger partial charge in [0, 0.05) is 0 Å².